The van der Waals surface area contributed by atoms with Gasteiger partial charge >= 0.3 is 5.97 Å². The van der Waals surface area contributed by atoms with Crippen LogP contribution in [0.25, 0.3) is 0 Å². The summed E-state index contributed by atoms with van der Waals surface area (Å²) in [5.74, 6) is -1.62. The Bertz CT molecular complexity index is 922. The lowest BCUT2D eigenvalue weighted by Gasteiger charge is -2.18. The number of ether oxygens (including phenoxy) is 1. The van der Waals surface area contributed by atoms with Gasteiger partial charge in [-0.2, -0.15) is 0 Å². The monoisotopic (exact) mass is 422 g/mol. The molecule has 1 fully saturated rings. The van der Waals surface area contributed by atoms with E-state index >= 15 is 0 Å². The molecule has 1 heterocycles. The van der Waals surface area contributed by atoms with Crippen LogP contribution in [0.4, 0.5) is 11.4 Å². The molecule has 1 aliphatic heterocycles. The summed E-state index contributed by atoms with van der Waals surface area (Å²) >= 11 is 0. The molecule has 0 bridgehead atoms. The Morgan fingerprint density at radius 1 is 1.13 bits per heavy atom. The number of nitrogens with one attached hydrogen (secondary N) is 1. The quantitative estimate of drug-likeness (QED) is 0.645. The smallest absolute Gasteiger partial charge is 0.312 e. The third-order valence-corrected chi connectivity index (χ3v) is 5.51. The van der Waals surface area contributed by atoms with Crippen LogP contribution in [0.1, 0.15) is 44.2 Å². The van der Waals surface area contributed by atoms with Crippen molar-refractivity contribution in [2.75, 3.05) is 16.8 Å². The highest BCUT2D eigenvalue weighted by Gasteiger charge is 2.37. The van der Waals surface area contributed by atoms with Crippen molar-refractivity contribution in [2.24, 2.45) is 5.92 Å². The van der Waals surface area contributed by atoms with Gasteiger partial charge < -0.3 is 15.0 Å². The van der Waals surface area contributed by atoms with Crippen molar-refractivity contribution in [3.8, 4) is 0 Å². The molecule has 164 valence electrons. The molecule has 2 atom stereocenters. The van der Waals surface area contributed by atoms with Crippen molar-refractivity contribution in [1.82, 2.24) is 0 Å². The van der Waals surface area contributed by atoms with E-state index in [1.54, 1.807) is 17.0 Å². The van der Waals surface area contributed by atoms with E-state index in [4.69, 9.17) is 4.74 Å². The Hall–Kier alpha value is -3.15. The normalized spacial score (nSPS) is 16.8. The lowest BCUT2D eigenvalue weighted by molar-refractivity contribution is -0.157. The lowest BCUT2D eigenvalue weighted by atomic mass is 10.1. The number of carbonyl (C=O) groups excluding carboxylic acids is 3. The molecule has 0 radical (unpaired) electrons. The number of unbranched alkanes of at least 4 members (excludes halogenated alkanes) is 1. The molecule has 0 aliphatic carbocycles. The second kappa shape index (κ2) is 10.2. The summed E-state index contributed by atoms with van der Waals surface area (Å²) in [5, 5.41) is 2.73. The second-order valence-corrected chi connectivity index (χ2v) is 8.11. The third-order valence-electron chi connectivity index (χ3n) is 5.51. The number of hydrogen-bond donors (Lipinski definition) is 1. The van der Waals surface area contributed by atoms with Gasteiger partial charge in [-0.3, -0.25) is 14.4 Å². The maximum atomic E-state index is 12.6. The number of hydrogen-bond acceptors (Lipinski definition) is 4. The van der Waals surface area contributed by atoms with Gasteiger partial charge in [-0.05, 0) is 56.5 Å². The van der Waals surface area contributed by atoms with Crippen LogP contribution in [0.3, 0.4) is 0 Å². The van der Waals surface area contributed by atoms with E-state index in [0.29, 0.717) is 5.69 Å². The second-order valence-electron chi connectivity index (χ2n) is 8.11. The van der Waals surface area contributed by atoms with Crippen LogP contribution in [0.2, 0.25) is 0 Å². The van der Waals surface area contributed by atoms with E-state index in [2.05, 4.69) is 12.2 Å². The molecule has 1 N–H and O–H groups in total. The van der Waals surface area contributed by atoms with Gasteiger partial charge in [0.05, 0.1) is 5.92 Å². The molecule has 3 rings (SSSR count). The first kappa shape index (κ1) is 22.5. The molecule has 2 aromatic carbocycles. The van der Waals surface area contributed by atoms with Crippen LogP contribution in [0.5, 0.6) is 0 Å². The van der Waals surface area contributed by atoms with Crippen LogP contribution < -0.4 is 10.2 Å². The maximum absolute atomic E-state index is 12.6. The van der Waals surface area contributed by atoms with Gasteiger partial charge in [-0.1, -0.05) is 43.2 Å². The summed E-state index contributed by atoms with van der Waals surface area (Å²) < 4.78 is 5.36. The zero-order valence-corrected chi connectivity index (χ0v) is 18.4. The molecule has 1 aliphatic rings. The number of aryl methyl sites for hydroxylation is 2. The first-order valence-corrected chi connectivity index (χ1v) is 10.8. The predicted octanol–water partition coefficient (Wildman–Crippen LogP) is 4.26. The Morgan fingerprint density at radius 2 is 1.81 bits per heavy atom. The Morgan fingerprint density at radius 3 is 2.45 bits per heavy atom. The number of anilines is 2. The van der Waals surface area contributed by atoms with E-state index in [1.165, 1.54) is 12.5 Å². The van der Waals surface area contributed by atoms with Gasteiger partial charge in [0.15, 0.2) is 6.10 Å². The molecule has 2 amide bonds. The Balaban J connectivity index is 1.54. The zero-order chi connectivity index (χ0) is 22.4. The van der Waals surface area contributed by atoms with Crippen LogP contribution in [-0.2, 0) is 25.5 Å². The Kier molecular flexibility index (Phi) is 7.45. The molecule has 6 heteroatoms. The average Bonchev–Trinajstić information content (AvgIpc) is 3.16. The fourth-order valence-electron chi connectivity index (χ4n) is 3.54. The summed E-state index contributed by atoms with van der Waals surface area (Å²) in [7, 11) is 0. The summed E-state index contributed by atoms with van der Waals surface area (Å²) in [6.45, 7) is 5.91. The molecule has 0 spiro atoms. The van der Waals surface area contributed by atoms with Gasteiger partial charge in [0, 0.05) is 24.3 Å². The third kappa shape index (κ3) is 5.94. The predicted molar refractivity (Wildman–Crippen MR) is 121 cm³/mol. The largest absolute Gasteiger partial charge is 0.452 e. The summed E-state index contributed by atoms with van der Waals surface area (Å²) in [4.78, 5) is 39.0. The summed E-state index contributed by atoms with van der Waals surface area (Å²) in [6.07, 6.45) is 2.42. The number of amides is 2. The van der Waals surface area contributed by atoms with Crippen molar-refractivity contribution < 1.29 is 19.1 Å². The van der Waals surface area contributed by atoms with Crippen molar-refractivity contribution >= 4 is 29.2 Å². The minimum Gasteiger partial charge on any atom is -0.452 e. The molecule has 31 heavy (non-hydrogen) atoms. The number of carbonyl (C=O) groups is 3. The van der Waals surface area contributed by atoms with Gasteiger partial charge in [-0.15, -0.1) is 0 Å². The molecule has 1 saturated heterocycles. The molecule has 2 aromatic rings. The van der Waals surface area contributed by atoms with Gasteiger partial charge in [0.1, 0.15) is 0 Å². The topological polar surface area (TPSA) is 75.7 Å². The van der Waals surface area contributed by atoms with Crippen molar-refractivity contribution in [3.63, 3.8) is 0 Å². The van der Waals surface area contributed by atoms with Gasteiger partial charge in [0.2, 0.25) is 5.91 Å². The first-order chi connectivity index (χ1) is 14.9. The highest BCUT2D eigenvalue weighted by Crippen LogP contribution is 2.27. The fourth-order valence-corrected chi connectivity index (χ4v) is 3.54. The minimum absolute atomic E-state index is 0.0860. The van der Waals surface area contributed by atoms with E-state index in [-0.39, 0.29) is 18.9 Å². The van der Waals surface area contributed by atoms with E-state index < -0.39 is 23.9 Å². The average molecular weight is 423 g/mol. The van der Waals surface area contributed by atoms with Crippen LogP contribution in [0.15, 0.2) is 48.5 Å². The minimum atomic E-state index is -0.948. The fraction of sp³-hybridized carbons (Fsp3) is 0.400. The summed E-state index contributed by atoms with van der Waals surface area (Å²) in [6, 6.07) is 15.3. The molecule has 0 unspecified atom stereocenters. The number of benzene rings is 2. The summed E-state index contributed by atoms with van der Waals surface area (Å²) in [5.41, 5.74) is 3.75. The maximum Gasteiger partial charge on any atom is 0.312 e. The van der Waals surface area contributed by atoms with Crippen molar-refractivity contribution in [2.45, 2.75) is 52.6 Å². The van der Waals surface area contributed by atoms with E-state index in [9.17, 15) is 14.4 Å². The first-order valence-electron chi connectivity index (χ1n) is 10.8. The molecule has 0 aromatic heterocycles. The van der Waals surface area contributed by atoms with Gasteiger partial charge in [0.25, 0.3) is 5.91 Å². The van der Waals surface area contributed by atoms with Crippen LogP contribution >= 0.6 is 0 Å². The number of rotatable bonds is 8. The zero-order valence-electron chi connectivity index (χ0n) is 18.4. The highest BCUT2D eigenvalue weighted by atomic mass is 16.5. The standard InChI is InChI=1S/C25H30N2O4/c1-4-5-6-19-9-13-22(14-10-19)27-16-20(15-23(27)28)25(30)31-18(3)24(29)26-21-11-7-17(2)8-12-21/h7-14,18,20H,4-6,15-16H2,1-3H3,(H,26,29)/t18-,20+/m0/s1. The van der Waals surface area contributed by atoms with Gasteiger partial charge in [-0.25, -0.2) is 0 Å². The SMILES string of the molecule is CCCCc1ccc(N2C[C@H](C(=O)O[C@@H](C)C(=O)Nc3ccc(C)cc3)CC2=O)cc1. The van der Waals surface area contributed by atoms with E-state index in [1.807, 2.05) is 43.3 Å². The highest BCUT2D eigenvalue weighted by molar-refractivity contribution is 6.00. The van der Waals surface area contributed by atoms with E-state index in [0.717, 1.165) is 30.5 Å². The molecule has 6 nitrogen and oxygen atoms in total. The molecular formula is C25H30N2O4. The van der Waals surface area contributed by atoms with Crippen molar-refractivity contribution in [3.05, 3.63) is 59.7 Å². The molecule has 0 saturated carbocycles. The van der Waals surface area contributed by atoms with Crippen LogP contribution in [0, 0.1) is 12.8 Å². The van der Waals surface area contributed by atoms with Crippen molar-refractivity contribution in [1.29, 1.82) is 0 Å². The number of esters is 1. The van der Waals surface area contributed by atoms with Crippen LogP contribution in [-0.4, -0.2) is 30.4 Å². The number of nitrogens with zero attached hydrogens (tertiary/aromatic N) is 1. The lowest BCUT2D eigenvalue weighted by Crippen LogP contribution is -2.33. The Labute approximate surface area is 183 Å². The molecular weight excluding hydrogens is 392 g/mol.